The molecule has 0 unspecified atom stereocenters. The standard InChI is InChI=1S/C25H34ClFO5/c1-17(2)32-25(30)11-6-4-3-5-10-22-21(23(27)15-24(22)29)13-12-19(28)16-31-20-9-7-8-18(26)14-20/h3,5,7-9,12-14,17,19,21-24,28-29H,4,6,10-11,15-16H2,1-2H3/b5-3-,13-12+/t19-,21-,22-,23+,24+/m1/s1. The number of benzene rings is 1. The van der Waals surface area contributed by atoms with Crippen molar-refractivity contribution in [3.63, 3.8) is 0 Å². The first-order valence-corrected chi connectivity index (χ1v) is 11.6. The van der Waals surface area contributed by atoms with Crippen LogP contribution in [-0.4, -0.2) is 47.3 Å². The molecule has 2 rings (SSSR count). The molecule has 0 heterocycles. The fourth-order valence-corrected chi connectivity index (χ4v) is 3.95. The zero-order valence-corrected chi connectivity index (χ0v) is 19.5. The van der Waals surface area contributed by atoms with Crippen molar-refractivity contribution in [2.45, 2.75) is 70.4 Å². The van der Waals surface area contributed by atoms with Crippen LogP contribution < -0.4 is 4.74 Å². The molecule has 0 bridgehead atoms. The van der Waals surface area contributed by atoms with Crippen molar-refractivity contribution in [3.8, 4) is 5.75 Å². The van der Waals surface area contributed by atoms with E-state index in [0.29, 0.717) is 30.0 Å². The van der Waals surface area contributed by atoms with E-state index in [9.17, 15) is 19.4 Å². The van der Waals surface area contributed by atoms with Crippen LogP contribution in [0, 0.1) is 11.8 Å². The van der Waals surface area contributed by atoms with Crippen LogP contribution in [0.25, 0.3) is 0 Å². The van der Waals surface area contributed by atoms with Crippen molar-refractivity contribution in [2.24, 2.45) is 11.8 Å². The van der Waals surface area contributed by atoms with E-state index >= 15 is 0 Å². The summed E-state index contributed by atoms with van der Waals surface area (Å²) >= 11 is 5.91. The minimum Gasteiger partial charge on any atom is -0.491 e. The highest BCUT2D eigenvalue weighted by Crippen LogP contribution is 2.38. The van der Waals surface area contributed by atoms with Crippen LogP contribution in [0.5, 0.6) is 5.75 Å². The molecule has 32 heavy (non-hydrogen) atoms. The molecule has 0 amide bonds. The van der Waals surface area contributed by atoms with E-state index in [2.05, 4.69) is 0 Å². The van der Waals surface area contributed by atoms with Crippen LogP contribution in [0.15, 0.2) is 48.6 Å². The van der Waals surface area contributed by atoms with Crippen LogP contribution in [0.1, 0.15) is 46.0 Å². The molecule has 0 spiro atoms. The van der Waals surface area contributed by atoms with Gasteiger partial charge in [0.2, 0.25) is 0 Å². The molecule has 0 aromatic heterocycles. The molecule has 0 radical (unpaired) electrons. The Morgan fingerprint density at radius 1 is 1.34 bits per heavy atom. The summed E-state index contributed by atoms with van der Waals surface area (Å²) in [5, 5.41) is 21.0. The van der Waals surface area contributed by atoms with Gasteiger partial charge in [-0.1, -0.05) is 42.0 Å². The number of halogens is 2. The molecule has 1 aromatic rings. The van der Waals surface area contributed by atoms with Crippen molar-refractivity contribution >= 4 is 17.6 Å². The smallest absolute Gasteiger partial charge is 0.306 e. The molecule has 5 atom stereocenters. The van der Waals surface area contributed by atoms with Gasteiger partial charge in [-0.3, -0.25) is 4.79 Å². The first kappa shape index (κ1) is 26.4. The van der Waals surface area contributed by atoms with E-state index in [1.165, 1.54) is 6.08 Å². The molecular weight excluding hydrogens is 435 g/mol. The van der Waals surface area contributed by atoms with Crippen LogP contribution in [0.3, 0.4) is 0 Å². The Morgan fingerprint density at radius 3 is 2.84 bits per heavy atom. The monoisotopic (exact) mass is 468 g/mol. The maximum Gasteiger partial charge on any atom is 0.306 e. The lowest BCUT2D eigenvalue weighted by atomic mass is 9.90. The van der Waals surface area contributed by atoms with Crippen molar-refractivity contribution < 1.29 is 28.9 Å². The van der Waals surface area contributed by atoms with Gasteiger partial charge in [0.1, 0.15) is 24.6 Å². The number of carbonyl (C=O) groups is 1. The van der Waals surface area contributed by atoms with Gasteiger partial charge in [-0.15, -0.1) is 0 Å². The van der Waals surface area contributed by atoms with Gasteiger partial charge in [0, 0.05) is 23.8 Å². The summed E-state index contributed by atoms with van der Waals surface area (Å²) in [6.45, 7) is 3.66. The fourth-order valence-electron chi connectivity index (χ4n) is 3.77. The van der Waals surface area contributed by atoms with E-state index in [4.69, 9.17) is 21.1 Å². The molecule has 5 nitrogen and oxygen atoms in total. The van der Waals surface area contributed by atoms with Crippen LogP contribution in [0.4, 0.5) is 4.39 Å². The summed E-state index contributed by atoms with van der Waals surface area (Å²) in [6.07, 6.45) is 6.53. The molecule has 2 N–H and O–H groups in total. The maximum absolute atomic E-state index is 14.4. The summed E-state index contributed by atoms with van der Waals surface area (Å²) < 4.78 is 25.0. The molecule has 0 saturated heterocycles. The lowest BCUT2D eigenvalue weighted by Crippen LogP contribution is -2.20. The third kappa shape index (κ3) is 9.31. The molecule has 0 aliphatic heterocycles. The van der Waals surface area contributed by atoms with Crippen LogP contribution >= 0.6 is 11.6 Å². The number of hydrogen-bond donors (Lipinski definition) is 2. The van der Waals surface area contributed by atoms with Crippen molar-refractivity contribution in [2.75, 3.05) is 6.61 Å². The Kier molecular flexibility index (Phi) is 11.2. The summed E-state index contributed by atoms with van der Waals surface area (Å²) in [6, 6.07) is 6.87. The first-order chi connectivity index (χ1) is 15.3. The number of ether oxygens (including phenoxy) is 2. The van der Waals surface area contributed by atoms with Crippen molar-refractivity contribution in [1.82, 2.24) is 0 Å². The summed E-state index contributed by atoms with van der Waals surface area (Å²) in [4.78, 5) is 11.5. The minimum atomic E-state index is -1.16. The third-order valence-electron chi connectivity index (χ3n) is 5.34. The molecule has 7 heteroatoms. The Labute approximate surface area is 194 Å². The Balaban J connectivity index is 1.78. The number of carbonyl (C=O) groups excluding carboxylic acids is 1. The van der Waals surface area contributed by atoms with Crippen LogP contribution in [0.2, 0.25) is 5.02 Å². The average molecular weight is 469 g/mol. The average Bonchev–Trinajstić information content (AvgIpc) is 2.99. The second-order valence-corrected chi connectivity index (χ2v) is 8.86. The second kappa shape index (κ2) is 13.6. The number of hydrogen-bond acceptors (Lipinski definition) is 5. The number of alkyl halides is 1. The number of allylic oxidation sites excluding steroid dienone is 3. The Bertz CT molecular complexity index is 766. The van der Waals surface area contributed by atoms with Gasteiger partial charge in [0.15, 0.2) is 0 Å². The number of rotatable bonds is 12. The van der Waals surface area contributed by atoms with E-state index in [1.807, 2.05) is 26.0 Å². The number of aliphatic hydroxyl groups excluding tert-OH is 2. The van der Waals surface area contributed by atoms with E-state index in [-0.39, 0.29) is 31.0 Å². The molecule has 1 saturated carbocycles. The van der Waals surface area contributed by atoms with Gasteiger partial charge in [-0.2, -0.15) is 0 Å². The normalized spacial score (nSPS) is 24.5. The van der Waals surface area contributed by atoms with Crippen molar-refractivity contribution in [3.05, 3.63) is 53.6 Å². The summed E-state index contributed by atoms with van der Waals surface area (Å²) in [5.74, 6) is -0.394. The lowest BCUT2D eigenvalue weighted by molar-refractivity contribution is -0.147. The third-order valence-corrected chi connectivity index (χ3v) is 5.57. The molecule has 1 aliphatic rings. The predicted molar refractivity (Wildman–Crippen MR) is 123 cm³/mol. The van der Waals surface area contributed by atoms with Gasteiger partial charge in [-0.25, -0.2) is 4.39 Å². The Morgan fingerprint density at radius 2 is 2.12 bits per heavy atom. The summed E-state index contributed by atoms with van der Waals surface area (Å²) in [7, 11) is 0. The number of aliphatic hydroxyl groups is 2. The number of unbranched alkanes of at least 4 members (excludes halogenated alkanes) is 1. The predicted octanol–water partition coefficient (Wildman–Crippen LogP) is 5.04. The topological polar surface area (TPSA) is 76.0 Å². The molecule has 178 valence electrons. The highest BCUT2D eigenvalue weighted by atomic mass is 35.5. The van der Waals surface area contributed by atoms with Gasteiger partial charge >= 0.3 is 5.97 Å². The molecule has 1 aromatic carbocycles. The largest absolute Gasteiger partial charge is 0.491 e. The molecule has 1 aliphatic carbocycles. The van der Waals surface area contributed by atoms with Gasteiger partial charge < -0.3 is 19.7 Å². The van der Waals surface area contributed by atoms with Gasteiger partial charge in [-0.05, 0) is 57.2 Å². The first-order valence-electron chi connectivity index (χ1n) is 11.2. The molecule has 1 fully saturated rings. The van der Waals surface area contributed by atoms with Gasteiger partial charge in [0.25, 0.3) is 0 Å². The highest BCUT2D eigenvalue weighted by molar-refractivity contribution is 6.30. The summed E-state index contributed by atoms with van der Waals surface area (Å²) in [5.41, 5.74) is 0. The lowest BCUT2D eigenvalue weighted by Gasteiger charge is -2.19. The van der Waals surface area contributed by atoms with Crippen molar-refractivity contribution in [1.29, 1.82) is 0 Å². The minimum absolute atomic E-state index is 0.0207. The van der Waals surface area contributed by atoms with Gasteiger partial charge in [0.05, 0.1) is 12.2 Å². The van der Waals surface area contributed by atoms with E-state index < -0.39 is 24.3 Å². The zero-order chi connectivity index (χ0) is 23.5. The SMILES string of the molecule is CC(C)OC(=O)CCC/C=C\C[C@@H]1[C@@H](/C=C/[C@@H](O)COc2cccc(Cl)c2)[C@@H](F)C[C@@H]1O. The quantitative estimate of drug-likeness (QED) is 0.255. The molecular formula is C25H34ClFO5. The van der Waals surface area contributed by atoms with E-state index in [0.717, 1.165) is 6.42 Å². The second-order valence-electron chi connectivity index (χ2n) is 8.42. The van der Waals surface area contributed by atoms with Crippen LogP contribution in [-0.2, 0) is 9.53 Å². The fraction of sp³-hybridized carbons (Fsp3) is 0.560. The maximum atomic E-state index is 14.4. The highest BCUT2D eigenvalue weighted by Gasteiger charge is 2.40. The zero-order valence-electron chi connectivity index (χ0n) is 18.7. The Hall–Kier alpha value is -1.89. The van der Waals surface area contributed by atoms with E-state index in [1.54, 1.807) is 30.3 Å². The number of esters is 1.